The van der Waals surface area contributed by atoms with E-state index in [0.717, 1.165) is 28.7 Å². The molecule has 1 rings (SSSR count). The monoisotopic (exact) mass is 301 g/mol. The summed E-state index contributed by atoms with van der Waals surface area (Å²) in [5, 5.41) is 18.7. The van der Waals surface area contributed by atoms with E-state index in [1.54, 1.807) is 13.8 Å². The van der Waals surface area contributed by atoms with Crippen LogP contribution in [0.1, 0.15) is 31.9 Å². The van der Waals surface area contributed by atoms with Crippen LogP contribution in [0.15, 0.2) is 22.7 Å². The molecule has 1 aromatic carbocycles. The zero-order chi connectivity index (χ0) is 13.0. The van der Waals surface area contributed by atoms with Crippen molar-refractivity contribution in [3.05, 3.63) is 28.2 Å². The molecular formula is C13H20BrNO2. The van der Waals surface area contributed by atoms with Gasteiger partial charge in [-0.25, -0.2) is 0 Å². The van der Waals surface area contributed by atoms with Gasteiger partial charge in [-0.15, -0.1) is 0 Å². The third-order valence-corrected chi connectivity index (χ3v) is 3.38. The van der Waals surface area contributed by atoms with Crippen molar-refractivity contribution >= 4 is 21.6 Å². The van der Waals surface area contributed by atoms with Gasteiger partial charge in [-0.1, -0.05) is 6.07 Å². The SMILES string of the molecule is CC(O)CCN(C)c1ccc(C(C)O)cc1Br. The maximum absolute atomic E-state index is 9.49. The second-order valence-electron chi connectivity index (χ2n) is 4.45. The van der Waals surface area contributed by atoms with Crippen LogP contribution >= 0.6 is 15.9 Å². The fourth-order valence-electron chi connectivity index (χ4n) is 1.59. The van der Waals surface area contributed by atoms with Crippen molar-refractivity contribution in [1.82, 2.24) is 0 Å². The minimum atomic E-state index is -0.455. The molecule has 96 valence electrons. The molecule has 1 aromatic rings. The Morgan fingerprint density at radius 2 is 1.94 bits per heavy atom. The first-order valence-electron chi connectivity index (χ1n) is 5.78. The molecule has 0 bridgehead atoms. The van der Waals surface area contributed by atoms with E-state index in [1.807, 2.05) is 25.2 Å². The average molecular weight is 302 g/mol. The fourth-order valence-corrected chi connectivity index (χ4v) is 2.29. The van der Waals surface area contributed by atoms with E-state index in [0.29, 0.717) is 0 Å². The highest BCUT2D eigenvalue weighted by Gasteiger charge is 2.09. The van der Waals surface area contributed by atoms with Crippen molar-refractivity contribution in [3.63, 3.8) is 0 Å². The highest BCUT2D eigenvalue weighted by Crippen LogP contribution is 2.28. The van der Waals surface area contributed by atoms with Gasteiger partial charge in [0.25, 0.3) is 0 Å². The summed E-state index contributed by atoms with van der Waals surface area (Å²) in [5.74, 6) is 0. The van der Waals surface area contributed by atoms with Crippen molar-refractivity contribution in [2.75, 3.05) is 18.5 Å². The molecule has 0 fully saturated rings. The summed E-state index contributed by atoms with van der Waals surface area (Å²) in [6, 6.07) is 5.83. The molecular weight excluding hydrogens is 282 g/mol. The Kier molecular flexibility index (Phi) is 5.43. The van der Waals surface area contributed by atoms with Gasteiger partial charge in [-0.2, -0.15) is 0 Å². The molecule has 0 aliphatic heterocycles. The van der Waals surface area contributed by atoms with Crippen LogP contribution in [0.25, 0.3) is 0 Å². The van der Waals surface area contributed by atoms with Crippen LogP contribution in [0.2, 0.25) is 0 Å². The lowest BCUT2D eigenvalue weighted by molar-refractivity contribution is 0.187. The average Bonchev–Trinajstić information content (AvgIpc) is 2.25. The Hall–Kier alpha value is -0.580. The van der Waals surface area contributed by atoms with Crippen LogP contribution in [0.5, 0.6) is 0 Å². The van der Waals surface area contributed by atoms with Gasteiger partial charge in [0.05, 0.1) is 17.9 Å². The van der Waals surface area contributed by atoms with E-state index in [1.165, 1.54) is 0 Å². The molecule has 0 saturated carbocycles. The van der Waals surface area contributed by atoms with Crippen LogP contribution in [0.3, 0.4) is 0 Å². The molecule has 0 radical (unpaired) electrons. The maximum atomic E-state index is 9.49. The van der Waals surface area contributed by atoms with Gasteiger partial charge >= 0.3 is 0 Å². The van der Waals surface area contributed by atoms with Crippen LogP contribution in [-0.4, -0.2) is 29.9 Å². The van der Waals surface area contributed by atoms with E-state index in [9.17, 15) is 10.2 Å². The first-order valence-corrected chi connectivity index (χ1v) is 6.58. The molecule has 0 amide bonds. The Labute approximate surface area is 111 Å². The number of aliphatic hydroxyl groups excluding tert-OH is 2. The summed E-state index contributed by atoms with van der Waals surface area (Å²) in [6.45, 7) is 4.34. The second kappa shape index (κ2) is 6.38. The molecule has 2 unspecified atom stereocenters. The number of aliphatic hydroxyl groups is 2. The Bertz CT molecular complexity index is 366. The van der Waals surface area contributed by atoms with Crippen LogP contribution < -0.4 is 4.90 Å². The summed E-state index contributed by atoms with van der Waals surface area (Å²) < 4.78 is 0.962. The second-order valence-corrected chi connectivity index (χ2v) is 5.30. The third kappa shape index (κ3) is 4.30. The van der Waals surface area contributed by atoms with Gasteiger partial charge in [-0.3, -0.25) is 0 Å². The number of hydrogen-bond acceptors (Lipinski definition) is 3. The topological polar surface area (TPSA) is 43.7 Å². The fraction of sp³-hybridized carbons (Fsp3) is 0.538. The Morgan fingerprint density at radius 3 is 2.41 bits per heavy atom. The molecule has 3 nitrogen and oxygen atoms in total. The molecule has 0 aliphatic carbocycles. The van der Waals surface area contributed by atoms with Gasteiger partial charge in [0.2, 0.25) is 0 Å². The zero-order valence-electron chi connectivity index (χ0n) is 10.5. The molecule has 0 aromatic heterocycles. The summed E-state index contributed by atoms with van der Waals surface area (Å²) in [4.78, 5) is 2.09. The largest absolute Gasteiger partial charge is 0.393 e. The molecule has 4 heteroatoms. The lowest BCUT2D eigenvalue weighted by Gasteiger charge is -2.22. The quantitative estimate of drug-likeness (QED) is 0.879. The van der Waals surface area contributed by atoms with Crippen LogP contribution in [0.4, 0.5) is 5.69 Å². The van der Waals surface area contributed by atoms with E-state index in [2.05, 4.69) is 20.8 Å². The van der Waals surface area contributed by atoms with E-state index in [-0.39, 0.29) is 6.10 Å². The Morgan fingerprint density at radius 1 is 1.29 bits per heavy atom. The number of rotatable bonds is 5. The minimum absolute atomic E-state index is 0.284. The van der Waals surface area contributed by atoms with Crippen molar-refractivity contribution in [1.29, 1.82) is 0 Å². The van der Waals surface area contributed by atoms with Gasteiger partial charge in [0, 0.05) is 18.1 Å². The standard InChI is InChI=1S/C13H20BrNO2/c1-9(16)6-7-15(3)13-5-4-11(10(2)17)8-12(13)14/h4-5,8-10,16-17H,6-7H2,1-3H3. The van der Waals surface area contributed by atoms with Crippen molar-refractivity contribution in [3.8, 4) is 0 Å². The molecule has 0 spiro atoms. The Balaban J connectivity index is 2.77. The normalized spacial score (nSPS) is 14.5. The highest BCUT2D eigenvalue weighted by molar-refractivity contribution is 9.10. The van der Waals surface area contributed by atoms with Crippen LogP contribution in [-0.2, 0) is 0 Å². The molecule has 0 heterocycles. The molecule has 0 saturated heterocycles. The third-order valence-electron chi connectivity index (χ3n) is 2.75. The lowest BCUT2D eigenvalue weighted by Crippen LogP contribution is -2.22. The number of benzene rings is 1. The molecule has 2 atom stereocenters. The molecule has 0 aliphatic rings. The number of anilines is 1. The first-order chi connectivity index (χ1) is 7.91. The number of nitrogens with zero attached hydrogens (tertiary/aromatic N) is 1. The van der Waals surface area contributed by atoms with Crippen LogP contribution in [0, 0.1) is 0 Å². The summed E-state index contributed by atoms with van der Waals surface area (Å²) in [6.07, 6.45) is -0.00254. The summed E-state index contributed by atoms with van der Waals surface area (Å²) in [5.41, 5.74) is 1.96. The lowest BCUT2D eigenvalue weighted by atomic mass is 10.1. The van der Waals surface area contributed by atoms with Gasteiger partial charge < -0.3 is 15.1 Å². The van der Waals surface area contributed by atoms with Gasteiger partial charge in [-0.05, 0) is 53.9 Å². The summed E-state index contributed by atoms with van der Waals surface area (Å²) >= 11 is 3.51. The smallest absolute Gasteiger partial charge is 0.0762 e. The van der Waals surface area contributed by atoms with E-state index < -0.39 is 6.10 Å². The van der Waals surface area contributed by atoms with Crippen molar-refractivity contribution in [2.24, 2.45) is 0 Å². The van der Waals surface area contributed by atoms with E-state index in [4.69, 9.17) is 0 Å². The van der Waals surface area contributed by atoms with E-state index >= 15 is 0 Å². The van der Waals surface area contributed by atoms with Crippen molar-refractivity contribution < 1.29 is 10.2 Å². The predicted octanol–water partition coefficient (Wildman–Crippen LogP) is 2.71. The maximum Gasteiger partial charge on any atom is 0.0762 e. The summed E-state index contributed by atoms with van der Waals surface area (Å²) in [7, 11) is 1.99. The predicted molar refractivity (Wildman–Crippen MR) is 74.3 cm³/mol. The highest BCUT2D eigenvalue weighted by atomic mass is 79.9. The zero-order valence-corrected chi connectivity index (χ0v) is 12.1. The first kappa shape index (κ1) is 14.5. The van der Waals surface area contributed by atoms with Gasteiger partial charge in [0.1, 0.15) is 0 Å². The molecule has 2 N–H and O–H groups in total. The molecule has 17 heavy (non-hydrogen) atoms. The number of hydrogen-bond donors (Lipinski definition) is 2. The van der Waals surface area contributed by atoms with Gasteiger partial charge in [0.15, 0.2) is 0 Å². The minimum Gasteiger partial charge on any atom is -0.393 e. The number of halogens is 1. The van der Waals surface area contributed by atoms with Crippen molar-refractivity contribution in [2.45, 2.75) is 32.5 Å².